The Morgan fingerprint density at radius 3 is 2.67 bits per heavy atom. The molecule has 0 saturated carbocycles. The molecule has 21 heavy (non-hydrogen) atoms. The second kappa shape index (κ2) is 5.76. The Balaban J connectivity index is 1.87. The summed E-state index contributed by atoms with van der Waals surface area (Å²) in [5, 5.41) is 14.8. The summed E-state index contributed by atoms with van der Waals surface area (Å²) in [5.41, 5.74) is 1.35. The molecule has 0 aliphatic heterocycles. The summed E-state index contributed by atoms with van der Waals surface area (Å²) in [5.74, 6) is 0.850. The summed E-state index contributed by atoms with van der Waals surface area (Å²) < 4.78 is 5.18. The number of phenolic OH excluding ortho intramolecular Hbond substituents is 1. The van der Waals surface area contributed by atoms with Crippen LogP contribution in [-0.2, 0) is 6.42 Å². The molecule has 0 spiro atoms. The summed E-state index contributed by atoms with van der Waals surface area (Å²) in [6.45, 7) is 0. The van der Waals surface area contributed by atoms with Crippen molar-refractivity contribution in [3.8, 4) is 17.2 Å². The number of halogens is 2. The van der Waals surface area contributed by atoms with Gasteiger partial charge in [-0.25, -0.2) is 0 Å². The molecule has 0 atom stereocenters. The van der Waals surface area contributed by atoms with Crippen LogP contribution in [0.3, 0.4) is 0 Å². The molecule has 106 valence electrons. The van der Waals surface area contributed by atoms with Gasteiger partial charge >= 0.3 is 0 Å². The average Bonchev–Trinajstić information content (AvgIpc) is 2.91. The third kappa shape index (κ3) is 3.01. The minimum atomic E-state index is 0.0947. The number of hydrogen-bond donors (Lipinski definition) is 1. The van der Waals surface area contributed by atoms with Crippen molar-refractivity contribution >= 4 is 23.2 Å². The fourth-order valence-corrected chi connectivity index (χ4v) is 2.40. The van der Waals surface area contributed by atoms with Crippen LogP contribution >= 0.6 is 23.2 Å². The lowest BCUT2D eigenvalue weighted by Crippen LogP contribution is -1.92. The maximum atomic E-state index is 9.77. The van der Waals surface area contributed by atoms with E-state index in [1.165, 1.54) is 0 Å². The molecule has 4 nitrogen and oxygen atoms in total. The smallest absolute Gasteiger partial charge is 0.261 e. The molecule has 1 heterocycles. The van der Waals surface area contributed by atoms with E-state index in [2.05, 4.69) is 10.1 Å². The van der Waals surface area contributed by atoms with E-state index in [4.69, 9.17) is 27.7 Å². The number of rotatable bonds is 3. The Morgan fingerprint density at radius 1 is 1.10 bits per heavy atom. The molecular formula is C15H10Cl2N2O2. The van der Waals surface area contributed by atoms with Gasteiger partial charge in [-0.15, -0.1) is 0 Å². The summed E-state index contributed by atoms with van der Waals surface area (Å²) in [6.07, 6.45) is 0.424. The molecule has 0 bridgehead atoms. The van der Waals surface area contributed by atoms with E-state index in [1.807, 2.05) is 6.07 Å². The zero-order chi connectivity index (χ0) is 14.8. The lowest BCUT2D eigenvalue weighted by atomic mass is 10.1. The van der Waals surface area contributed by atoms with Crippen molar-refractivity contribution in [1.29, 1.82) is 0 Å². The highest BCUT2D eigenvalue weighted by Gasteiger charge is 2.13. The van der Waals surface area contributed by atoms with E-state index in [0.29, 0.717) is 27.9 Å². The third-order valence-corrected chi connectivity index (χ3v) is 3.55. The zero-order valence-electron chi connectivity index (χ0n) is 10.8. The second-order valence-electron chi connectivity index (χ2n) is 4.45. The fraction of sp³-hybridized carbons (Fsp3) is 0.0667. The van der Waals surface area contributed by atoms with E-state index in [9.17, 15) is 5.11 Å². The van der Waals surface area contributed by atoms with E-state index in [-0.39, 0.29) is 11.6 Å². The van der Waals surface area contributed by atoms with Gasteiger partial charge in [-0.3, -0.25) is 0 Å². The van der Waals surface area contributed by atoms with Gasteiger partial charge in [0.1, 0.15) is 5.75 Å². The van der Waals surface area contributed by atoms with Gasteiger partial charge < -0.3 is 9.63 Å². The molecule has 1 aromatic heterocycles. The van der Waals surface area contributed by atoms with Gasteiger partial charge in [0.2, 0.25) is 0 Å². The van der Waals surface area contributed by atoms with Crippen molar-refractivity contribution in [3.05, 3.63) is 63.9 Å². The van der Waals surface area contributed by atoms with Crippen LogP contribution < -0.4 is 0 Å². The molecule has 6 heteroatoms. The molecule has 3 rings (SSSR count). The van der Waals surface area contributed by atoms with Crippen molar-refractivity contribution in [2.75, 3.05) is 0 Å². The number of para-hydroxylation sites is 1. The van der Waals surface area contributed by atoms with Crippen molar-refractivity contribution in [1.82, 2.24) is 10.1 Å². The summed E-state index contributed by atoms with van der Waals surface area (Å²) in [4.78, 5) is 4.27. The lowest BCUT2D eigenvalue weighted by Gasteiger charge is -2.01. The highest BCUT2D eigenvalue weighted by atomic mass is 35.5. The Bertz CT molecular complexity index is 787. The zero-order valence-corrected chi connectivity index (χ0v) is 12.3. The molecule has 0 saturated heterocycles. The van der Waals surface area contributed by atoms with E-state index in [1.54, 1.807) is 36.4 Å². The van der Waals surface area contributed by atoms with Gasteiger partial charge in [-0.05, 0) is 29.8 Å². The summed E-state index contributed by atoms with van der Waals surface area (Å²) in [6, 6.07) is 12.0. The number of benzene rings is 2. The normalized spacial score (nSPS) is 10.8. The van der Waals surface area contributed by atoms with Crippen LogP contribution in [0.25, 0.3) is 11.5 Å². The second-order valence-corrected chi connectivity index (χ2v) is 5.29. The number of aromatic nitrogens is 2. The number of nitrogens with zero attached hydrogens (tertiary/aromatic N) is 2. The first-order valence-electron chi connectivity index (χ1n) is 6.18. The topological polar surface area (TPSA) is 59.2 Å². The Kier molecular flexibility index (Phi) is 3.82. The molecule has 0 radical (unpaired) electrons. The molecule has 0 aliphatic carbocycles. The van der Waals surface area contributed by atoms with Gasteiger partial charge in [0.05, 0.1) is 5.56 Å². The summed E-state index contributed by atoms with van der Waals surface area (Å²) >= 11 is 12.0. The molecule has 1 N–H and O–H groups in total. The van der Waals surface area contributed by atoms with E-state index in [0.717, 1.165) is 5.56 Å². The SMILES string of the molecule is Oc1ccccc1-c1nc(Cc2ccc(Cl)cc2Cl)no1. The van der Waals surface area contributed by atoms with E-state index < -0.39 is 0 Å². The van der Waals surface area contributed by atoms with Crippen LogP contribution in [-0.4, -0.2) is 15.2 Å². The largest absolute Gasteiger partial charge is 0.507 e. The Hall–Kier alpha value is -2.04. The summed E-state index contributed by atoms with van der Waals surface area (Å²) in [7, 11) is 0. The predicted molar refractivity (Wildman–Crippen MR) is 80.7 cm³/mol. The highest BCUT2D eigenvalue weighted by Crippen LogP contribution is 2.28. The van der Waals surface area contributed by atoms with Crippen LogP contribution in [0.1, 0.15) is 11.4 Å². The minimum absolute atomic E-state index is 0.0947. The van der Waals surface area contributed by atoms with Crippen LogP contribution in [0.15, 0.2) is 47.0 Å². The minimum Gasteiger partial charge on any atom is -0.507 e. The average molecular weight is 321 g/mol. The van der Waals surface area contributed by atoms with Crippen LogP contribution in [0.4, 0.5) is 0 Å². The van der Waals surface area contributed by atoms with Gasteiger partial charge in [-0.1, -0.05) is 46.6 Å². The molecule has 0 fully saturated rings. The molecule has 0 amide bonds. The van der Waals surface area contributed by atoms with Crippen molar-refractivity contribution in [2.45, 2.75) is 6.42 Å². The molecule has 0 aliphatic rings. The maximum Gasteiger partial charge on any atom is 0.261 e. The highest BCUT2D eigenvalue weighted by molar-refractivity contribution is 6.35. The van der Waals surface area contributed by atoms with Gasteiger partial charge in [0.15, 0.2) is 5.82 Å². The number of phenols is 1. The van der Waals surface area contributed by atoms with Crippen molar-refractivity contribution in [2.24, 2.45) is 0 Å². The van der Waals surface area contributed by atoms with Crippen LogP contribution in [0.5, 0.6) is 5.75 Å². The Morgan fingerprint density at radius 2 is 1.90 bits per heavy atom. The first-order valence-corrected chi connectivity index (χ1v) is 6.94. The maximum absolute atomic E-state index is 9.77. The third-order valence-electron chi connectivity index (χ3n) is 2.97. The van der Waals surface area contributed by atoms with Crippen molar-refractivity contribution < 1.29 is 9.63 Å². The van der Waals surface area contributed by atoms with Crippen molar-refractivity contribution in [3.63, 3.8) is 0 Å². The molecule has 0 unspecified atom stereocenters. The van der Waals surface area contributed by atoms with E-state index >= 15 is 0 Å². The number of aromatic hydroxyl groups is 1. The molecular weight excluding hydrogens is 311 g/mol. The lowest BCUT2D eigenvalue weighted by molar-refractivity contribution is 0.418. The first kappa shape index (κ1) is 13.9. The van der Waals surface area contributed by atoms with Gasteiger partial charge in [0, 0.05) is 16.5 Å². The van der Waals surface area contributed by atoms with Crippen LogP contribution in [0.2, 0.25) is 10.0 Å². The molecule has 2 aromatic carbocycles. The Labute approximate surface area is 130 Å². The fourth-order valence-electron chi connectivity index (χ4n) is 1.93. The predicted octanol–water partition coefficient (Wildman–Crippen LogP) is 4.34. The van der Waals surface area contributed by atoms with Gasteiger partial charge in [0.25, 0.3) is 5.89 Å². The number of hydrogen-bond acceptors (Lipinski definition) is 4. The monoisotopic (exact) mass is 320 g/mol. The molecule has 3 aromatic rings. The quantitative estimate of drug-likeness (QED) is 0.779. The van der Waals surface area contributed by atoms with Crippen LogP contribution in [0, 0.1) is 0 Å². The standard InChI is InChI=1S/C15H10Cl2N2O2/c16-10-6-5-9(12(17)8-10)7-14-18-15(21-19-14)11-3-1-2-4-13(11)20/h1-6,8,20H,7H2. The first-order chi connectivity index (χ1) is 10.1. The van der Waals surface area contributed by atoms with Gasteiger partial charge in [-0.2, -0.15) is 4.98 Å².